The van der Waals surface area contributed by atoms with Crippen LogP contribution in [0.1, 0.15) is 31.2 Å². The first kappa shape index (κ1) is 21.7. The van der Waals surface area contributed by atoms with Crippen LogP contribution in [0.15, 0.2) is 35.7 Å². The molecule has 0 fully saturated rings. The minimum absolute atomic E-state index is 0.0531. The van der Waals surface area contributed by atoms with Crippen LogP contribution in [0.3, 0.4) is 0 Å². The van der Waals surface area contributed by atoms with Gasteiger partial charge in [-0.25, -0.2) is 0 Å². The molecule has 1 unspecified atom stereocenters. The van der Waals surface area contributed by atoms with Gasteiger partial charge >= 0.3 is 0 Å². The van der Waals surface area contributed by atoms with Crippen molar-refractivity contribution in [1.29, 1.82) is 0 Å². The predicted octanol–water partition coefficient (Wildman–Crippen LogP) is 4.58. The van der Waals surface area contributed by atoms with Crippen molar-refractivity contribution in [3.8, 4) is 0 Å². The normalized spacial score (nSPS) is 12.0. The molecule has 2 amide bonds. The van der Waals surface area contributed by atoms with Gasteiger partial charge in [-0.15, -0.1) is 11.3 Å². The molecule has 5 nitrogen and oxygen atoms in total. The standard InChI is InChI=1S/C19H23Cl2N3O2S/c1-3-8-24(11-18(25)22-13(2)17-5-4-9-27-17)12-19(26)23-16-7-6-14(20)10-15(16)21/h4-7,9-10,13H,3,8,11-12H2,1-2H3,(H,22,25)(H,23,26). The lowest BCUT2D eigenvalue weighted by Crippen LogP contribution is -2.42. The van der Waals surface area contributed by atoms with Gasteiger partial charge in [-0.3, -0.25) is 14.5 Å². The van der Waals surface area contributed by atoms with Crippen molar-refractivity contribution in [1.82, 2.24) is 10.2 Å². The molecule has 2 rings (SSSR count). The minimum Gasteiger partial charge on any atom is -0.348 e. The molecule has 1 aromatic carbocycles. The summed E-state index contributed by atoms with van der Waals surface area (Å²) in [6.45, 7) is 4.86. The molecule has 0 aliphatic rings. The van der Waals surface area contributed by atoms with E-state index >= 15 is 0 Å². The van der Waals surface area contributed by atoms with Crippen LogP contribution in [-0.4, -0.2) is 36.3 Å². The Morgan fingerprint density at radius 3 is 2.56 bits per heavy atom. The molecule has 0 saturated heterocycles. The van der Waals surface area contributed by atoms with Crippen LogP contribution in [0.25, 0.3) is 0 Å². The van der Waals surface area contributed by atoms with Gasteiger partial charge in [-0.2, -0.15) is 0 Å². The maximum absolute atomic E-state index is 12.4. The number of rotatable bonds is 9. The number of carbonyl (C=O) groups is 2. The number of hydrogen-bond donors (Lipinski definition) is 2. The molecule has 146 valence electrons. The van der Waals surface area contributed by atoms with Crippen molar-refractivity contribution in [2.24, 2.45) is 0 Å². The fourth-order valence-corrected chi connectivity index (χ4v) is 3.80. The van der Waals surface area contributed by atoms with Gasteiger partial charge in [-0.05, 0) is 49.5 Å². The number of nitrogens with zero attached hydrogens (tertiary/aromatic N) is 1. The second-order valence-corrected chi connectivity index (χ2v) is 8.01. The number of nitrogens with one attached hydrogen (secondary N) is 2. The smallest absolute Gasteiger partial charge is 0.238 e. The summed E-state index contributed by atoms with van der Waals surface area (Å²) in [5.74, 6) is -0.339. The third kappa shape index (κ3) is 7.14. The van der Waals surface area contributed by atoms with Crippen LogP contribution in [-0.2, 0) is 9.59 Å². The fourth-order valence-electron chi connectivity index (χ4n) is 2.61. The third-order valence-electron chi connectivity index (χ3n) is 3.83. The van der Waals surface area contributed by atoms with Gasteiger partial charge in [0.25, 0.3) is 0 Å². The molecule has 1 aromatic heterocycles. The quantitative estimate of drug-likeness (QED) is 0.615. The number of carbonyl (C=O) groups excluding carboxylic acids is 2. The summed E-state index contributed by atoms with van der Waals surface area (Å²) in [6.07, 6.45) is 0.836. The van der Waals surface area contributed by atoms with Crippen LogP contribution in [0.4, 0.5) is 5.69 Å². The van der Waals surface area contributed by atoms with Gasteiger partial charge in [0.05, 0.1) is 29.8 Å². The molecule has 0 spiro atoms. The van der Waals surface area contributed by atoms with Crippen LogP contribution in [0.2, 0.25) is 10.0 Å². The Labute approximate surface area is 173 Å². The van der Waals surface area contributed by atoms with Gasteiger partial charge in [0.1, 0.15) is 0 Å². The minimum atomic E-state index is -0.230. The van der Waals surface area contributed by atoms with Gasteiger partial charge in [0.15, 0.2) is 0 Å². The molecule has 0 bridgehead atoms. The number of benzene rings is 1. The molecule has 0 saturated carbocycles. The van der Waals surface area contributed by atoms with E-state index in [1.807, 2.05) is 36.3 Å². The van der Waals surface area contributed by atoms with Crippen molar-refractivity contribution in [2.75, 3.05) is 25.0 Å². The zero-order valence-electron chi connectivity index (χ0n) is 15.3. The summed E-state index contributed by atoms with van der Waals surface area (Å²) in [6, 6.07) is 8.78. The average molecular weight is 428 g/mol. The monoisotopic (exact) mass is 427 g/mol. The van der Waals surface area contributed by atoms with Crippen molar-refractivity contribution in [3.63, 3.8) is 0 Å². The molecule has 1 heterocycles. The third-order valence-corrected chi connectivity index (χ3v) is 5.43. The molecule has 0 aliphatic heterocycles. The molecule has 0 aliphatic carbocycles. The Morgan fingerprint density at radius 2 is 1.93 bits per heavy atom. The van der Waals surface area contributed by atoms with E-state index in [1.54, 1.807) is 29.5 Å². The maximum atomic E-state index is 12.4. The second kappa shape index (κ2) is 10.7. The van der Waals surface area contributed by atoms with Crippen molar-refractivity contribution >= 4 is 52.0 Å². The average Bonchev–Trinajstić information content (AvgIpc) is 3.12. The Kier molecular flexibility index (Phi) is 8.57. The maximum Gasteiger partial charge on any atom is 0.238 e. The summed E-state index contributed by atoms with van der Waals surface area (Å²) in [4.78, 5) is 27.6. The zero-order chi connectivity index (χ0) is 19.8. The lowest BCUT2D eigenvalue weighted by Gasteiger charge is -2.22. The molecular weight excluding hydrogens is 405 g/mol. The lowest BCUT2D eigenvalue weighted by molar-refractivity contribution is -0.124. The number of anilines is 1. The Bertz CT molecular complexity index is 768. The molecule has 2 aromatic rings. The van der Waals surface area contributed by atoms with E-state index < -0.39 is 0 Å². The molecule has 8 heteroatoms. The van der Waals surface area contributed by atoms with E-state index in [2.05, 4.69) is 10.6 Å². The van der Waals surface area contributed by atoms with E-state index in [4.69, 9.17) is 23.2 Å². The first-order valence-corrected chi connectivity index (χ1v) is 10.3. The van der Waals surface area contributed by atoms with Crippen LogP contribution < -0.4 is 10.6 Å². The van der Waals surface area contributed by atoms with Crippen molar-refractivity contribution in [3.05, 3.63) is 50.6 Å². The summed E-state index contributed by atoms with van der Waals surface area (Å²) < 4.78 is 0. The number of amides is 2. The first-order chi connectivity index (χ1) is 12.9. The number of thiophene rings is 1. The summed E-state index contributed by atoms with van der Waals surface area (Å²) in [7, 11) is 0. The van der Waals surface area contributed by atoms with Gasteiger partial charge < -0.3 is 10.6 Å². The highest BCUT2D eigenvalue weighted by Gasteiger charge is 2.17. The van der Waals surface area contributed by atoms with E-state index in [0.29, 0.717) is 22.3 Å². The Balaban J connectivity index is 1.89. The Hall–Kier alpha value is -1.60. The highest BCUT2D eigenvalue weighted by atomic mass is 35.5. The topological polar surface area (TPSA) is 61.4 Å². The van der Waals surface area contributed by atoms with Gasteiger partial charge in [0, 0.05) is 9.90 Å². The van der Waals surface area contributed by atoms with Crippen LogP contribution in [0.5, 0.6) is 0 Å². The SMILES string of the molecule is CCCN(CC(=O)Nc1ccc(Cl)cc1Cl)CC(=O)NC(C)c1cccs1. The van der Waals surface area contributed by atoms with Crippen LogP contribution >= 0.6 is 34.5 Å². The molecule has 1 atom stereocenters. The zero-order valence-corrected chi connectivity index (χ0v) is 17.6. The summed E-state index contributed by atoms with van der Waals surface area (Å²) >= 11 is 13.6. The van der Waals surface area contributed by atoms with Crippen LogP contribution in [0, 0.1) is 0 Å². The van der Waals surface area contributed by atoms with Crippen molar-refractivity contribution < 1.29 is 9.59 Å². The Morgan fingerprint density at radius 1 is 1.19 bits per heavy atom. The second-order valence-electron chi connectivity index (χ2n) is 6.19. The fraction of sp³-hybridized carbons (Fsp3) is 0.368. The lowest BCUT2D eigenvalue weighted by atomic mass is 10.2. The number of halogens is 2. The highest BCUT2D eigenvalue weighted by Crippen LogP contribution is 2.25. The molecule has 2 N–H and O–H groups in total. The van der Waals surface area contributed by atoms with E-state index in [9.17, 15) is 9.59 Å². The predicted molar refractivity (Wildman–Crippen MR) is 113 cm³/mol. The summed E-state index contributed by atoms with van der Waals surface area (Å²) in [5, 5.41) is 8.59. The van der Waals surface area contributed by atoms with E-state index in [1.165, 1.54) is 0 Å². The number of hydrogen-bond acceptors (Lipinski definition) is 4. The van der Waals surface area contributed by atoms with E-state index in [0.717, 1.165) is 11.3 Å². The van der Waals surface area contributed by atoms with E-state index in [-0.39, 0.29) is 30.9 Å². The first-order valence-electron chi connectivity index (χ1n) is 8.69. The molecule has 27 heavy (non-hydrogen) atoms. The molecular formula is C19H23Cl2N3O2S. The van der Waals surface area contributed by atoms with Gasteiger partial charge in [-0.1, -0.05) is 36.2 Å². The largest absolute Gasteiger partial charge is 0.348 e. The summed E-state index contributed by atoms with van der Waals surface area (Å²) in [5.41, 5.74) is 0.498. The molecule has 0 radical (unpaired) electrons. The highest BCUT2D eigenvalue weighted by molar-refractivity contribution is 7.10. The van der Waals surface area contributed by atoms with Gasteiger partial charge in [0.2, 0.25) is 11.8 Å². The van der Waals surface area contributed by atoms with Crippen molar-refractivity contribution in [2.45, 2.75) is 26.3 Å².